The lowest BCUT2D eigenvalue weighted by atomic mass is 10.1. The molecule has 0 amide bonds. The quantitative estimate of drug-likeness (QED) is 0.578. The first-order chi connectivity index (χ1) is 6.42. The third-order valence-electron chi connectivity index (χ3n) is 2.74. The van der Waals surface area contributed by atoms with Crippen LogP contribution in [0, 0.1) is 12.3 Å². The van der Waals surface area contributed by atoms with Gasteiger partial charge in [-0.15, -0.1) is 6.42 Å². The topological polar surface area (TPSA) is 12.5 Å². The van der Waals surface area contributed by atoms with Crippen LogP contribution in [0.25, 0.3) is 0 Å². The van der Waals surface area contributed by atoms with Gasteiger partial charge in [-0.25, -0.2) is 0 Å². The first kappa shape index (κ1) is 9.39. The van der Waals surface area contributed by atoms with Crippen LogP contribution in [-0.2, 0) is 4.74 Å². The van der Waals surface area contributed by atoms with Gasteiger partial charge < -0.3 is 4.74 Å². The SMILES string of the molecule is C#CCN1CCSC2COCCC21. The monoisotopic (exact) mass is 197 g/mol. The maximum Gasteiger partial charge on any atom is 0.0602 e. The Kier molecular flexibility index (Phi) is 3.15. The molecule has 0 aliphatic carbocycles. The van der Waals surface area contributed by atoms with Crippen LogP contribution in [0.15, 0.2) is 0 Å². The molecule has 0 aromatic carbocycles. The molecule has 2 nitrogen and oxygen atoms in total. The van der Waals surface area contributed by atoms with Crippen LogP contribution in [0.1, 0.15) is 6.42 Å². The Labute approximate surface area is 84.0 Å². The molecule has 2 saturated heterocycles. The summed E-state index contributed by atoms with van der Waals surface area (Å²) in [5, 5.41) is 0.663. The zero-order chi connectivity index (χ0) is 9.10. The molecule has 2 aliphatic heterocycles. The molecule has 0 aromatic heterocycles. The van der Waals surface area contributed by atoms with E-state index < -0.39 is 0 Å². The summed E-state index contributed by atoms with van der Waals surface area (Å²) in [7, 11) is 0. The number of hydrogen-bond donors (Lipinski definition) is 0. The summed E-state index contributed by atoms with van der Waals surface area (Å²) in [6.45, 7) is 3.77. The largest absolute Gasteiger partial charge is 0.380 e. The van der Waals surface area contributed by atoms with Crippen molar-refractivity contribution < 1.29 is 4.74 Å². The Balaban J connectivity index is 1.99. The van der Waals surface area contributed by atoms with E-state index in [9.17, 15) is 0 Å². The van der Waals surface area contributed by atoms with Gasteiger partial charge in [0.15, 0.2) is 0 Å². The minimum Gasteiger partial charge on any atom is -0.380 e. The van der Waals surface area contributed by atoms with Gasteiger partial charge in [0.25, 0.3) is 0 Å². The highest BCUT2D eigenvalue weighted by atomic mass is 32.2. The first-order valence-electron chi connectivity index (χ1n) is 4.78. The van der Waals surface area contributed by atoms with Gasteiger partial charge in [-0.2, -0.15) is 11.8 Å². The molecule has 2 fully saturated rings. The van der Waals surface area contributed by atoms with E-state index in [0.717, 1.165) is 32.7 Å². The van der Waals surface area contributed by atoms with Gasteiger partial charge in [-0.05, 0) is 6.42 Å². The summed E-state index contributed by atoms with van der Waals surface area (Å²) in [5.74, 6) is 3.95. The summed E-state index contributed by atoms with van der Waals surface area (Å²) in [5.41, 5.74) is 0. The molecule has 0 N–H and O–H groups in total. The van der Waals surface area contributed by atoms with Crippen molar-refractivity contribution in [2.24, 2.45) is 0 Å². The second-order valence-corrected chi connectivity index (χ2v) is 4.86. The van der Waals surface area contributed by atoms with E-state index >= 15 is 0 Å². The molecule has 0 saturated carbocycles. The molecule has 2 aliphatic rings. The van der Waals surface area contributed by atoms with Crippen molar-refractivity contribution in [1.29, 1.82) is 0 Å². The Hall–Kier alpha value is -0.170. The van der Waals surface area contributed by atoms with Crippen LogP contribution in [0.4, 0.5) is 0 Å². The van der Waals surface area contributed by atoms with Crippen LogP contribution in [-0.4, -0.2) is 48.2 Å². The number of nitrogens with zero attached hydrogens (tertiary/aromatic N) is 1. The van der Waals surface area contributed by atoms with Crippen LogP contribution < -0.4 is 0 Å². The fourth-order valence-corrected chi connectivity index (χ4v) is 3.44. The summed E-state index contributed by atoms with van der Waals surface area (Å²) in [6.07, 6.45) is 6.50. The lowest BCUT2D eigenvalue weighted by Gasteiger charge is -2.42. The minimum atomic E-state index is 0.663. The van der Waals surface area contributed by atoms with E-state index in [-0.39, 0.29) is 0 Å². The predicted molar refractivity (Wildman–Crippen MR) is 55.9 cm³/mol. The molecule has 2 heterocycles. The van der Waals surface area contributed by atoms with Crippen molar-refractivity contribution in [3.8, 4) is 12.3 Å². The van der Waals surface area contributed by atoms with E-state index in [1.165, 1.54) is 5.75 Å². The van der Waals surface area contributed by atoms with Crippen LogP contribution in [0.3, 0.4) is 0 Å². The number of hydrogen-bond acceptors (Lipinski definition) is 3. The summed E-state index contributed by atoms with van der Waals surface area (Å²) >= 11 is 2.04. The van der Waals surface area contributed by atoms with E-state index in [0.29, 0.717) is 11.3 Å². The van der Waals surface area contributed by atoms with E-state index in [2.05, 4.69) is 10.8 Å². The second kappa shape index (κ2) is 4.36. The van der Waals surface area contributed by atoms with Crippen molar-refractivity contribution in [3.63, 3.8) is 0 Å². The highest BCUT2D eigenvalue weighted by Crippen LogP contribution is 2.29. The highest BCUT2D eigenvalue weighted by molar-refractivity contribution is 8.00. The molecular weight excluding hydrogens is 182 g/mol. The predicted octanol–water partition coefficient (Wildman–Crippen LogP) is 0.826. The molecular formula is C10H15NOS. The van der Waals surface area contributed by atoms with Gasteiger partial charge in [0.05, 0.1) is 13.2 Å². The Morgan fingerprint density at radius 1 is 1.62 bits per heavy atom. The lowest BCUT2D eigenvalue weighted by molar-refractivity contribution is 0.0430. The third kappa shape index (κ3) is 2.01. The van der Waals surface area contributed by atoms with Crippen LogP contribution in [0.2, 0.25) is 0 Å². The molecule has 0 aromatic rings. The van der Waals surface area contributed by atoms with Crippen molar-refractivity contribution in [2.75, 3.05) is 32.1 Å². The van der Waals surface area contributed by atoms with Crippen molar-refractivity contribution >= 4 is 11.8 Å². The average molecular weight is 197 g/mol. The normalized spacial score (nSPS) is 35.0. The van der Waals surface area contributed by atoms with E-state index in [1.807, 2.05) is 11.8 Å². The molecule has 3 heteroatoms. The van der Waals surface area contributed by atoms with Crippen molar-refractivity contribution in [2.45, 2.75) is 17.7 Å². The van der Waals surface area contributed by atoms with Gasteiger partial charge in [-0.3, -0.25) is 4.90 Å². The van der Waals surface area contributed by atoms with Gasteiger partial charge in [-0.1, -0.05) is 5.92 Å². The Morgan fingerprint density at radius 3 is 3.38 bits per heavy atom. The average Bonchev–Trinajstić information content (AvgIpc) is 2.19. The molecule has 2 atom stereocenters. The molecule has 13 heavy (non-hydrogen) atoms. The fraction of sp³-hybridized carbons (Fsp3) is 0.800. The standard InChI is InChI=1S/C10H15NOS/c1-2-4-11-5-7-13-10-8-12-6-3-9(10)11/h1,9-10H,3-8H2. The summed E-state index contributed by atoms with van der Waals surface area (Å²) < 4.78 is 5.47. The molecule has 0 radical (unpaired) electrons. The molecule has 2 unspecified atom stereocenters. The zero-order valence-corrected chi connectivity index (χ0v) is 8.55. The number of fused-ring (bicyclic) bond motifs is 1. The van der Waals surface area contributed by atoms with Gasteiger partial charge in [0, 0.05) is 30.2 Å². The molecule has 0 bridgehead atoms. The third-order valence-corrected chi connectivity index (χ3v) is 4.04. The number of terminal acetylenes is 1. The number of ether oxygens (including phenoxy) is 1. The van der Waals surface area contributed by atoms with Crippen molar-refractivity contribution in [1.82, 2.24) is 4.90 Å². The van der Waals surface area contributed by atoms with Crippen molar-refractivity contribution in [3.05, 3.63) is 0 Å². The molecule has 0 spiro atoms. The Morgan fingerprint density at radius 2 is 2.54 bits per heavy atom. The minimum absolute atomic E-state index is 0.663. The Bertz CT molecular complexity index is 211. The van der Waals surface area contributed by atoms with Crippen LogP contribution >= 0.6 is 11.8 Å². The van der Waals surface area contributed by atoms with Gasteiger partial charge in [0.2, 0.25) is 0 Å². The smallest absolute Gasteiger partial charge is 0.0602 e. The molecule has 72 valence electrons. The first-order valence-corrected chi connectivity index (χ1v) is 5.83. The van der Waals surface area contributed by atoms with Gasteiger partial charge >= 0.3 is 0 Å². The lowest BCUT2D eigenvalue weighted by Crippen LogP contribution is -2.51. The zero-order valence-electron chi connectivity index (χ0n) is 7.74. The number of rotatable bonds is 1. The fourth-order valence-electron chi connectivity index (χ4n) is 2.08. The second-order valence-electron chi connectivity index (χ2n) is 3.51. The highest BCUT2D eigenvalue weighted by Gasteiger charge is 2.33. The van der Waals surface area contributed by atoms with E-state index in [4.69, 9.17) is 11.2 Å². The summed E-state index contributed by atoms with van der Waals surface area (Å²) in [4.78, 5) is 2.43. The molecule has 2 rings (SSSR count). The summed E-state index contributed by atoms with van der Waals surface area (Å²) in [6, 6.07) is 0.670. The van der Waals surface area contributed by atoms with E-state index in [1.54, 1.807) is 0 Å². The van der Waals surface area contributed by atoms with Crippen LogP contribution in [0.5, 0.6) is 0 Å². The van der Waals surface area contributed by atoms with Gasteiger partial charge in [0.1, 0.15) is 0 Å². The maximum absolute atomic E-state index is 5.47. The maximum atomic E-state index is 5.47. The number of thioether (sulfide) groups is 1.